The molecule has 27 heavy (non-hydrogen) atoms. The maximum atomic E-state index is 13.2. The van der Waals surface area contributed by atoms with Gasteiger partial charge in [0.05, 0.1) is 11.4 Å². The average molecular weight is 391 g/mol. The normalized spacial score (nSPS) is 16.1. The van der Waals surface area contributed by atoms with Gasteiger partial charge in [0.2, 0.25) is 10.0 Å². The Labute approximate surface area is 159 Å². The van der Waals surface area contributed by atoms with Gasteiger partial charge in [0, 0.05) is 38.4 Å². The van der Waals surface area contributed by atoms with Gasteiger partial charge in [0.1, 0.15) is 10.6 Å². The van der Waals surface area contributed by atoms with Gasteiger partial charge in [-0.15, -0.1) is 0 Å². The smallest absolute Gasteiger partial charge is 0.272 e. The van der Waals surface area contributed by atoms with E-state index in [-0.39, 0.29) is 29.9 Å². The summed E-state index contributed by atoms with van der Waals surface area (Å²) < 4.78 is 29.5. The van der Waals surface area contributed by atoms with Gasteiger partial charge < -0.3 is 4.90 Å². The Morgan fingerprint density at radius 2 is 1.78 bits per heavy atom. The Balaban J connectivity index is 1.77. The van der Waals surface area contributed by atoms with E-state index in [0.29, 0.717) is 30.2 Å². The number of aromatic nitrogens is 3. The van der Waals surface area contributed by atoms with Gasteiger partial charge in [-0.05, 0) is 39.8 Å². The van der Waals surface area contributed by atoms with Crippen LogP contribution in [0, 0.1) is 13.8 Å². The zero-order valence-corrected chi connectivity index (χ0v) is 16.9. The lowest BCUT2D eigenvalue weighted by atomic mass is 10.3. The number of amides is 1. The molecule has 8 nitrogen and oxygen atoms in total. The summed E-state index contributed by atoms with van der Waals surface area (Å²) in [5.74, 6) is -0.173. The first-order chi connectivity index (χ1) is 12.7. The van der Waals surface area contributed by atoms with E-state index in [9.17, 15) is 13.2 Å². The fraction of sp³-hybridized carbons (Fsp3) is 0.500. The van der Waals surface area contributed by atoms with Crippen LogP contribution in [0.15, 0.2) is 29.3 Å². The molecule has 1 aliphatic heterocycles. The number of rotatable bonds is 4. The molecule has 1 aliphatic rings. The number of carbonyl (C=O) groups excluding carboxylic acids is 1. The topological polar surface area (TPSA) is 88.4 Å². The van der Waals surface area contributed by atoms with Crippen LogP contribution in [0.5, 0.6) is 0 Å². The maximum Gasteiger partial charge on any atom is 0.272 e. The molecule has 0 unspecified atom stereocenters. The second-order valence-corrected chi connectivity index (χ2v) is 8.82. The van der Waals surface area contributed by atoms with Crippen molar-refractivity contribution in [3.63, 3.8) is 0 Å². The first-order valence-electron chi connectivity index (χ1n) is 8.99. The highest BCUT2D eigenvalue weighted by Crippen LogP contribution is 2.26. The Kier molecular flexibility index (Phi) is 5.34. The Morgan fingerprint density at radius 1 is 1.11 bits per heavy atom. The van der Waals surface area contributed by atoms with Gasteiger partial charge in [-0.25, -0.2) is 8.42 Å². The lowest BCUT2D eigenvalue weighted by Gasteiger charge is -2.33. The standard InChI is InChI=1S/C18H25N5O3S/c1-13(2)23-15(4)17(14(3)20-23)27(25,26)22-11-9-21(10-12-22)18(24)16-7-5-6-8-19-16/h5-8,13H,9-12H2,1-4H3. The molecule has 0 aromatic carbocycles. The third-order valence-corrected chi connectivity index (χ3v) is 6.91. The Hall–Kier alpha value is -2.26. The summed E-state index contributed by atoms with van der Waals surface area (Å²) in [5.41, 5.74) is 1.53. The minimum Gasteiger partial charge on any atom is -0.335 e. The predicted molar refractivity (Wildman–Crippen MR) is 101 cm³/mol. The third-order valence-electron chi connectivity index (χ3n) is 4.76. The first kappa shape index (κ1) is 19.5. The van der Waals surface area contributed by atoms with E-state index in [1.165, 1.54) is 4.31 Å². The lowest BCUT2D eigenvalue weighted by molar-refractivity contribution is 0.0692. The molecule has 0 atom stereocenters. The molecule has 3 rings (SSSR count). The molecule has 2 aromatic rings. The number of carbonyl (C=O) groups is 1. The van der Waals surface area contributed by atoms with Crippen molar-refractivity contribution in [3.8, 4) is 0 Å². The van der Waals surface area contributed by atoms with E-state index in [0.717, 1.165) is 0 Å². The van der Waals surface area contributed by atoms with Crippen LogP contribution >= 0.6 is 0 Å². The number of aryl methyl sites for hydroxylation is 1. The van der Waals surface area contributed by atoms with E-state index in [1.54, 1.807) is 47.8 Å². The highest BCUT2D eigenvalue weighted by atomic mass is 32.2. The van der Waals surface area contributed by atoms with E-state index in [2.05, 4.69) is 10.1 Å². The highest BCUT2D eigenvalue weighted by molar-refractivity contribution is 7.89. The molecule has 1 fully saturated rings. The zero-order valence-electron chi connectivity index (χ0n) is 16.1. The van der Waals surface area contributed by atoms with Crippen LogP contribution in [0.1, 0.15) is 41.8 Å². The monoisotopic (exact) mass is 391 g/mol. The van der Waals surface area contributed by atoms with Gasteiger partial charge in [-0.3, -0.25) is 14.5 Å². The van der Waals surface area contributed by atoms with Crippen molar-refractivity contribution >= 4 is 15.9 Å². The first-order valence-corrected chi connectivity index (χ1v) is 10.4. The lowest BCUT2D eigenvalue weighted by Crippen LogP contribution is -2.50. The van der Waals surface area contributed by atoms with Crippen LogP contribution in [-0.4, -0.2) is 64.5 Å². The fourth-order valence-corrected chi connectivity index (χ4v) is 5.22. The van der Waals surface area contributed by atoms with Crippen molar-refractivity contribution in [2.75, 3.05) is 26.2 Å². The van der Waals surface area contributed by atoms with E-state index < -0.39 is 10.0 Å². The molecular formula is C18H25N5O3S. The molecule has 2 aromatic heterocycles. The van der Waals surface area contributed by atoms with Crippen molar-refractivity contribution in [2.45, 2.75) is 38.6 Å². The molecule has 3 heterocycles. The van der Waals surface area contributed by atoms with Crippen molar-refractivity contribution in [3.05, 3.63) is 41.5 Å². The van der Waals surface area contributed by atoms with Gasteiger partial charge in [0.25, 0.3) is 5.91 Å². The van der Waals surface area contributed by atoms with Crippen molar-refractivity contribution < 1.29 is 13.2 Å². The molecule has 0 saturated carbocycles. The fourth-order valence-electron chi connectivity index (χ4n) is 3.44. The Morgan fingerprint density at radius 3 is 2.30 bits per heavy atom. The summed E-state index contributed by atoms with van der Waals surface area (Å²) in [4.78, 5) is 18.5. The van der Waals surface area contributed by atoms with Crippen molar-refractivity contribution in [2.24, 2.45) is 0 Å². The molecule has 0 bridgehead atoms. The average Bonchev–Trinajstić information content (AvgIpc) is 2.97. The van der Waals surface area contributed by atoms with Crippen LogP contribution in [0.4, 0.5) is 0 Å². The van der Waals surface area contributed by atoms with Gasteiger partial charge >= 0.3 is 0 Å². The number of hydrogen-bond acceptors (Lipinski definition) is 5. The molecule has 1 saturated heterocycles. The van der Waals surface area contributed by atoms with Crippen LogP contribution in [0.2, 0.25) is 0 Å². The molecule has 9 heteroatoms. The van der Waals surface area contributed by atoms with E-state index in [4.69, 9.17) is 0 Å². The predicted octanol–water partition coefficient (Wildman–Crippen LogP) is 1.62. The molecular weight excluding hydrogens is 366 g/mol. The molecule has 0 N–H and O–H groups in total. The summed E-state index contributed by atoms with van der Waals surface area (Å²) in [6.07, 6.45) is 1.58. The Bertz CT molecular complexity index is 929. The summed E-state index contributed by atoms with van der Waals surface area (Å²) in [6.45, 7) is 8.64. The number of hydrogen-bond donors (Lipinski definition) is 0. The second kappa shape index (κ2) is 7.40. The number of piperazine rings is 1. The zero-order chi connectivity index (χ0) is 19.8. The number of pyridine rings is 1. The number of nitrogens with zero attached hydrogens (tertiary/aromatic N) is 5. The maximum absolute atomic E-state index is 13.2. The van der Waals surface area contributed by atoms with E-state index >= 15 is 0 Å². The van der Waals surface area contributed by atoms with E-state index in [1.807, 2.05) is 13.8 Å². The summed E-state index contributed by atoms with van der Waals surface area (Å²) in [7, 11) is -3.65. The summed E-state index contributed by atoms with van der Waals surface area (Å²) in [6, 6.07) is 5.26. The minimum absolute atomic E-state index is 0.0838. The molecule has 1 amide bonds. The molecule has 0 radical (unpaired) electrons. The minimum atomic E-state index is -3.65. The van der Waals surface area contributed by atoms with Gasteiger partial charge in [0.15, 0.2) is 0 Å². The van der Waals surface area contributed by atoms with Crippen molar-refractivity contribution in [1.29, 1.82) is 0 Å². The molecule has 0 aliphatic carbocycles. The molecule has 0 spiro atoms. The summed E-state index contributed by atoms with van der Waals surface area (Å²) >= 11 is 0. The molecule has 146 valence electrons. The SMILES string of the molecule is Cc1nn(C(C)C)c(C)c1S(=O)(=O)N1CCN(C(=O)c2ccccn2)CC1. The van der Waals surface area contributed by atoms with Crippen LogP contribution in [-0.2, 0) is 10.0 Å². The van der Waals surface area contributed by atoms with Crippen LogP contribution in [0.3, 0.4) is 0 Å². The summed E-state index contributed by atoms with van der Waals surface area (Å²) in [5, 5.41) is 4.39. The largest absolute Gasteiger partial charge is 0.335 e. The van der Waals surface area contributed by atoms with Crippen LogP contribution in [0.25, 0.3) is 0 Å². The quantitative estimate of drug-likeness (QED) is 0.790. The van der Waals surface area contributed by atoms with Crippen LogP contribution < -0.4 is 0 Å². The highest BCUT2D eigenvalue weighted by Gasteiger charge is 2.34. The van der Waals surface area contributed by atoms with Crippen molar-refractivity contribution in [1.82, 2.24) is 24.0 Å². The van der Waals surface area contributed by atoms with Gasteiger partial charge in [-0.2, -0.15) is 9.40 Å². The second-order valence-electron chi connectivity index (χ2n) is 6.95. The number of sulfonamides is 1. The third kappa shape index (κ3) is 3.61. The van der Waals surface area contributed by atoms with Gasteiger partial charge in [-0.1, -0.05) is 6.07 Å².